The summed E-state index contributed by atoms with van der Waals surface area (Å²) in [5, 5.41) is 0. The van der Waals surface area contributed by atoms with Crippen molar-refractivity contribution in [3.63, 3.8) is 0 Å². The predicted molar refractivity (Wildman–Crippen MR) is 67.7 cm³/mol. The molecule has 1 aromatic heterocycles. The second-order valence-corrected chi connectivity index (χ2v) is 6.44. The van der Waals surface area contributed by atoms with Crippen LogP contribution in [0.4, 0.5) is 0 Å². The molecule has 0 aromatic carbocycles. The molecule has 1 atom stereocenters. The third-order valence-electron chi connectivity index (χ3n) is 1.63. The Morgan fingerprint density at radius 1 is 1.50 bits per heavy atom. The van der Waals surface area contributed by atoms with Crippen molar-refractivity contribution in [1.29, 1.82) is 0 Å². The molecule has 1 rings (SSSR count). The molecule has 0 saturated carbocycles. The zero-order valence-electron chi connectivity index (χ0n) is 8.09. The fourth-order valence-electron chi connectivity index (χ4n) is 1.09. The molecule has 0 saturated heterocycles. The average Bonchev–Trinajstić information content (AvgIpc) is 2.42. The summed E-state index contributed by atoms with van der Waals surface area (Å²) in [4.78, 5) is 1.15. The summed E-state index contributed by atoms with van der Waals surface area (Å²) in [7, 11) is 0. The molecule has 1 aromatic rings. The molecular formula is C9H13Br2NOS. The molecule has 2 N–H and O–H groups in total. The van der Waals surface area contributed by atoms with Gasteiger partial charge in [0.15, 0.2) is 0 Å². The Morgan fingerprint density at radius 3 is 2.50 bits per heavy atom. The summed E-state index contributed by atoms with van der Waals surface area (Å²) < 4.78 is 7.84. The Bertz CT molecular complexity index is 282. The van der Waals surface area contributed by atoms with Crippen LogP contribution < -0.4 is 5.73 Å². The van der Waals surface area contributed by atoms with Crippen LogP contribution in [-0.4, -0.2) is 12.6 Å². The summed E-state index contributed by atoms with van der Waals surface area (Å²) in [6.07, 6.45) is 0.200. The van der Waals surface area contributed by atoms with Gasteiger partial charge in [0.25, 0.3) is 0 Å². The molecule has 0 aliphatic rings. The van der Waals surface area contributed by atoms with Gasteiger partial charge in [0.1, 0.15) is 6.10 Å². The van der Waals surface area contributed by atoms with Crippen molar-refractivity contribution in [1.82, 2.24) is 0 Å². The Labute approximate surface area is 105 Å². The number of halogens is 2. The van der Waals surface area contributed by atoms with Crippen molar-refractivity contribution in [2.45, 2.75) is 26.1 Å². The van der Waals surface area contributed by atoms with Gasteiger partial charge in [0, 0.05) is 15.9 Å². The van der Waals surface area contributed by atoms with E-state index in [0.717, 1.165) is 13.1 Å². The first-order chi connectivity index (χ1) is 6.54. The lowest BCUT2D eigenvalue weighted by Gasteiger charge is -2.17. The van der Waals surface area contributed by atoms with E-state index in [1.807, 2.05) is 13.8 Å². The van der Waals surface area contributed by atoms with Crippen LogP contribution >= 0.6 is 43.2 Å². The van der Waals surface area contributed by atoms with Crippen molar-refractivity contribution < 1.29 is 4.74 Å². The van der Waals surface area contributed by atoms with Crippen LogP contribution in [0, 0.1) is 0 Å². The molecule has 80 valence electrons. The molecule has 1 heterocycles. The van der Waals surface area contributed by atoms with Gasteiger partial charge in [-0.1, -0.05) is 0 Å². The van der Waals surface area contributed by atoms with Gasteiger partial charge >= 0.3 is 0 Å². The van der Waals surface area contributed by atoms with Gasteiger partial charge in [-0.15, -0.1) is 11.3 Å². The zero-order valence-corrected chi connectivity index (χ0v) is 12.1. The number of nitrogens with two attached hydrogens (primary N) is 1. The number of rotatable bonds is 4. The standard InChI is InChI=1S/C9H13Br2NOS/c1-5(2)13-7(4-12)8-3-6(10)9(11)14-8/h3,5,7H,4,12H2,1-2H3. The number of ether oxygens (including phenoxy) is 1. The molecule has 0 radical (unpaired) electrons. The summed E-state index contributed by atoms with van der Waals surface area (Å²) in [5.74, 6) is 0. The van der Waals surface area contributed by atoms with Crippen LogP contribution in [0.15, 0.2) is 14.3 Å². The van der Waals surface area contributed by atoms with Gasteiger partial charge in [-0.2, -0.15) is 0 Å². The highest BCUT2D eigenvalue weighted by Gasteiger charge is 2.16. The minimum absolute atomic E-state index is 0.00241. The van der Waals surface area contributed by atoms with E-state index in [1.165, 1.54) is 0 Å². The van der Waals surface area contributed by atoms with E-state index in [1.54, 1.807) is 11.3 Å². The first kappa shape index (κ1) is 12.6. The summed E-state index contributed by atoms with van der Waals surface area (Å²) >= 11 is 8.56. The van der Waals surface area contributed by atoms with Gasteiger partial charge in [-0.3, -0.25) is 0 Å². The summed E-state index contributed by atoms with van der Waals surface area (Å²) in [6, 6.07) is 2.05. The highest BCUT2D eigenvalue weighted by molar-refractivity contribution is 9.13. The normalized spacial score (nSPS) is 13.6. The Kier molecular flexibility index (Phi) is 5.06. The van der Waals surface area contributed by atoms with Crippen LogP contribution in [0.1, 0.15) is 24.8 Å². The van der Waals surface area contributed by atoms with E-state index >= 15 is 0 Å². The number of hydrogen-bond donors (Lipinski definition) is 1. The highest BCUT2D eigenvalue weighted by Crippen LogP contribution is 2.36. The molecule has 0 spiro atoms. The topological polar surface area (TPSA) is 35.2 Å². The largest absolute Gasteiger partial charge is 0.369 e. The Hall–Kier alpha value is 0.580. The van der Waals surface area contributed by atoms with Gasteiger partial charge in [0.2, 0.25) is 0 Å². The van der Waals surface area contributed by atoms with E-state index in [9.17, 15) is 0 Å². The number of thiophene rings is 1. The van der Waals surface area contributed by atoms with Crippen LogP contribution in [0.3, 0.4) is 0 Å². The monoisotopic (exact) mass is 341 g/mol. The van der Waals surface area contributed by atoms with Crippen molar-refractivity contribution in [2.75, 3.05) is 6.54 Å². The highest BCUT2D eigenvalue weighted by atomic mass is 79.9. The van der Waals surface area contributed by atoms with Crippen LogP contribution in [0.5, 0.6) is 0 Å². The van der Waals surface area contributed by atoms with Crippen LogP contribution in [0.25, 0.3) is 0 Å². The van der Waals surface area contributed by atoms with E-state index in [2.05, 4.69) is 37.9 Å². The third kappa shape index (κ3) is 3.31. The summed E-state index contributed by atoms with van der Waals surface area (Å²) in [6.45, 7) is 4.54. The van der Waals surface area contributed by atoms with E-state index in [4.69, 9.17) is 10.5 Å². The predicted octanol–water partition coefficient (Wildman–Crippen LogP) is 3.70. The van der Waals surface area contributed by atoms with Crippen LogP contribution in [-0.2, 0) is 4.74 Å². The SMILES string of the molecule is CC(C)OC(CN)c1cc(Br)c(Br)s1. The van der Waals surface area contributed by atoms with Crippen molar-refractivity contribution in [3.8, 4) is 0 Å². The molecule has 0 aliphatic carbocycles. The van der Waals surface area contributed by atoms with E-state index in [0.29, 0.717) is 6.54 Å². The van der Waals surface area contributed by atoms with Gasteiger partial charge in [-0.25, -0.2) is 0 Å². The minimum Gasteiger partial charge on any atom is -0.369 e. The molecule has 0 bridgehead atoms. The second kappa shape index (κ2) is 5.61. The first-order valence-electron chi connectivity index (χ1n) is 4.34. The molecule has 14 heavy (non-hydrogen) atoms. The lowest BCUT2D eigenvalue weighted by Crippen LogP contribution is -2.18. The summed E-state index contributed by atoms with van der Waals surface area (Å²) in [5.41, 5.74) is 5.66. The quantitative estimate of drug-likeness (QED) is 0.905. The lowest BCUT2D eigenvalue weighted by molar-refractivity contribution is 0.0140. The van der Waals surface area contributed by atoms with Crippen LogP contribution in [0.2, 0.25) is 0 Å². The maximum absolute atomic E-state index is 5.70. The Morgan fingerprint density at radius 2 is 2.14 bits per heavy atom. The van der Waals surface area contributed by atoms with E-state index < -0.39 is 0 Å². The second-order valence-electron chi connectivity index (χ2n) is 3.18. The smallest absolute Gasteiger partial charge is 0.104 e. The van der Waals surface area contributed by atoms with Crippen molar-refractivity contribution >= 4 is 43.2 Å². The molecule has 0 aliphatic heterocycles. The Balaban J connectivity index is 2.78. The average molecular weight is 343 g/mol. The molecular weight excluding hydrogens is 330 g/mol. The third-order valence-corrected chi connectivity index (χ3v) is 4.98. The molecule has 0 amide bonds. The minimum atomic E-state index is 0.00241. The molecule has 2 nitrogen and oxygen atoms in total. The fourth-order valence-corrected chi connectivity index (χ4v) is 3.23. The zero-order chi connectivity index (χ0) is 10.7. The number of hydrogen-bond acceptors (Lipinski definition) is 3. The molecule has 5 heteroatoms. The van der Waals surface area contributed by atoms with E-state index in [-0.39, 0.29) is 12.2 Å². The molecule has 1 unspecified atom stereocenters. The fraction of sp³-hybridized carbons (Fsp3) is 0.556. The van der Waals surface area contributed by atoms with Gasteiger partial charge in [0.05, 0.1) is 9.89 Å². The van der Waals surface area contributed by atoms with Crippen molar-refractivity contribution in [2.24, 2.45) is 5.73 Å². The van der Waals surface area contributed by atoms with Crippen molar-refractivity contribution in [3.05, 3.63) is 19.2 Å². The van der Waals surface area contributed by atoms with Gasteiger partial charge in [-0.05, 0) is 51.8 Å². The maximum atomic E-state index is 5.70. The maximum Gasteiger partial charge on any atom is 0.104 e. The first-order valence-corrected chi connectivity index (χ1v) is 6.75. The molecule has 0 fully saturated rings. The van der Waals surface area contributed by atoms with Gasteiger partial charge < -0.3 is 10.5 Å². The lowest BCUT2D eigenvalue weighted by atomic mass is 10.3.